The molecule has 4 aliphatic rings. The van der Waals surface area contributed by atoms with Gasteiger partial charge in [0.1, 0.15) is 5.78 Å². The zero-order valence-corrected chi connectivity index (χ0v) is 12.1. The topological polar surface area (TPSA) is 59.9 Å². The van der Waals surface area contributed by atoms with Crippen LogP contribution in [-0.2, 0) is 4.79 Å². The number of ketones is 2. The van der Waals surface area contributed by atoms with Gasteiger partial charge in [-0.05, 0) is 62.3 Å². The lowest BCUT2D eigenvalue weighted by Crippen LogP contribution is -2.50. The minimum Gasteiger partial charge on any atom is -0.299 e. The Morgan fingerprint density at radius 2 is 1.52 bits per heavy atom. The average Bonchev–Trinajstić information content (AvgIpc) is 2.46. The Morgan fingerprint density at radius 1 is 1.00 bits per heavy atom. The Bertz CT molecular complexity index is 546. The molecule has 0 amide bonds. The molecule has 0 aromatic carbocycles. The zero-order valence-electron chi connectivity index (χ0n) is 12.1. The number of nitrogens with zero attached hydrogens (tertiary/aromatic N) is 2. The number of rotatable bonds is 4. The quantitative estimate of drug-likeness (QED) is 0.630. The summed E-state index contributed by atoms with van der Waals surface area (Å²) >= 11 is 0. The Labute approximate surface area is 124 Å². The Hall–Kier alpha value is -1.58. The number of hydrogen-bond acceptors (Lipinski definition) is 4. The molecule has 0 unspecified atom stereocenters. The summed E-state index contributed by atoms with van der Waals surface area (Å²) in [5.41, 5.74) is -0.195. The van der Waals surface area contributed by atoms with E-state index >= 15 is 0 Å². The van der Waals surface area contributed by atoms with Crippen molar-refractivity contribution in [1.29, 1.82) is 0 Å². The van der Waals surface area contributed by atoms with E-state index in [2.05, 4.69) is 9.97 Å². The highest BCUT2D eigenvalue weighted by molar-refractivity contribution is 6.07. The molecule has 0 N–H and O–H groups in total. The van der Waals surface area contributed by atoms with Gasteiger partial charge in [-0.15, -0.1) is 0 Å². The van der Waals surface area contributed by atoms with Crippen molar-refractivity contribution >= 4 is 11.6 Å². The van der Waals surface area contributed by atoms with E-state index in [-0.39, 0.29) is 29.2 Å². The Kier molecular flexibility index (Phi) is 2.95. The average molecular weight is 284 g/mol. The molecule has 4 saturated carbocycles. The monoisotopic (exact) mass is 284 g/mol. The fourth-order valence-corrected chi connectivity index (χ4v) is 5.31. The lowest BCUT2D eigenvalue weighted by Gasteiger charge is -2.55. The van der Waals surface area contributed by atoms with Gasteiger partial charge in [-0.25, -0.2) is 9.97 Å². The normalized spacial score (nSPS) is 36.7. The predicted molar refractivity (Wildman–Crippen MR) is 76.6 cm³/mol. The van der Waals surface area contributed by atoms with Crippen molar-refractivity contribution < 1.29 is 9.59 Å². The van der Waals surface area contributed by atoms with Gasteiger partial charge in [-0.3, -0.25) is 9.59 Å². The first kappa shape index (κ1) is 13.1. The van der Waals surface area contributed by atoms with E-state index in [4.69, 9.17) is 0 Å². The van der Waals surface area contributed by atoms with Crippen LogP contribution in [0.4, 0.5) is 0 Å². The second-order valence-corrected chi connectivity index (χ2v) is 7.29. The molecule has 4 nitrogen and oxygen atoms in total. The molecule has 4 fully saturated rings. The van der Waals surface area contributed by atoms with Crippen molar-refractivity contribution in [3.63, 3.8) is 0 Å². The number of hydrogen-bond donors (Lipinski definition) is 0. The van der Waals surface area contributed by atoms with Crippen LogP contribution in [0.5, 0.6) is 0 Å². The van der Waals surface area contributed by atoms with Crippen LogP contribution in [0.25, 0.3) is 0 Å². The van der Waals surface area contributed by atoms with Crippen LogP contribution in [0.3, 0.4) is 0 Å². The largest absolute Gasteiger partial charge is 0.299 e. The first-order valence-corrected chi connectivity index (χ1v) is 7.98. The predicted octanol–water partition coefficient (Wildman–Crippen LogP) is 2.83. The molecule has 21 heavy (non-hydrogen) atoms. The van der Waals surface area contributed by atoms with Crippen LogP contribution in [0.15, 0.2) is 18.5 Å². The zero-order chi connectivity index (χ0) is 14.4. The second-order valence-electron chi connectivity index (χ2n) is 7.29. The highest BCUT2D eigenvalue weighted by Gasteiger charge is 2.54. The Morgan fingerprint density at radius 3 is 2.05 bits per heavy atom. The van der Waals surface area contributed by atoms with Crippen LogP contribution >= 0.6 is 0 Å². The summed E-state index contributed by atoms with van der Waals surface area (Å²) < 4.78 is 0. The summed E-state index contributed by atoms with van der Waals surface area (Å²) in [7, 11) is 0. The van der Waals surface area contributed by atoms with Gasteiger partial charge in [0, 0.05) is 17.8 Å². The molecule has 4 aliphatic carbocycles. The highest BCUT2D eigenvalue weighted by atomic mass is 16.2. The first-order chi connectivity index (χ1) is 10.1. The number of Topliss-reactive ketones (excluding diaryl/α,β-unsaturated/α-hetero) is 2. The first-order valence-electron chi connectivity index (χ1n) is 7.98. The van der Waals surface area contributed by atoms with E-state index < -0.39 is 0 Å². The summed E-state index contributed by atoms with van der Waals surface area (Å²) in [5.74, 6) is 2.28. The van der Waals surface area contributed by atoms with Crippen LogP contribution in [0, 0.1) is 23.2 Å². The van der Waals surface area contributed by atoms with Crippen molar-refractivity contribution in [2.24, 2.45) is 23.2 Å². The summed E-state index contributed by atoms with van der Waals surface area (Å²) in [4.78, 5) is 32.9. The smallest absolute Gasteiger partial charge is 0.207 e. The summed E-state index contributed by atoms with van der Waals surface area (Å²) in [5, 5.41) is 0. The fourth-order valence-electron chi connectivity index (χ4n) is 5.31. The van der Waals surface area contributed by atoms with Crippen molar-refractivity contribution in [2.45, 2.75) is 44.9 Å². The summed E-state index contributed by atoms with van der Waals surface area (Å²) in [6.07, 6.45) is 10.1. The van der Waals surface area contributed by atoms with Crippen molar-refractivity contribution in [3.8, 4) is 0 Å². The molecule has 0 aliphatic heterocycles. The minimum atomic E-state index is -0.226. The van der Waals surface area contributed by atoms with Crippen LogP contribution < -0.4 is 0 Å². The van der Waals surface area contributed by atoms with Crippen LogP contribution in [0.1, 0.15) is 55.6 Å². The van der Waals surface area contributed by atoms with Gasteiger partial charge in [0.05, 0.1) is 6.42 Å². The van der Waals surface area contributed by atoms with Gasteiger partial charge in [-0.1, -0.05) is 0 Å². The molecular weight excluding hydrogens is 264 g/mol. The molecule has 1 aromatic rings. The van der Waals surface area contributed by atoms with Gasteiger partial charge in [0.2, 0.25) is 5.78 Å². The Balaban J connectivity index is 1.51. The molecule has 0 atom stereocenters. The van der Waals surface area contributed by atoms with Gasteiger partial charge < -0.3 is 0 Å². The number of carbonyl (C=O) groups is 2. The summed E-state index contributed by atoms with van der Waals surface area (Å²) in [6, 6.07) is 1.68. The second kappa shape index (κ2) is 4.72. The van der Waals surface area contributed by atoms with Gasteiger partial charge in [0.15, 0.2) is 5.82 Å². The lowest BCUT2D eigenvalue weighted by atomic mass is 9.48. The highest BCUT2D eigenvalue weighted by Crippen LogP contribution is 2.60. The minimum absolute atomic E-state index is 0.0177. The molecular formula is C17H20N2O2. The van der Waals surface area contributed by atoms with Gasteiger partial charge in [0.25, 0.3) is 0 Å². The van der Waals surface area contributed by atoms with E-state index in [0.717, 1.165) is 37.0 Å². The molecule has 4 bridgehead atoms. The maximum absolute atomic E-state index is 12.8. The summed E-state index contributed by atoms with van der Waals surface area (Å²) in [6.45, 7) is 0. The molecule has 4 heteroatoms. The molecule has 110 valence electrons. The maximum Gasteiger partial charge on any atom is 0.207 e. The standard InChI is InChI=1S/C17H20N2O2/c20-14(16-18-2-1-3-19-16)7-15(21)17-8-11-4-12(9-17)6-13(5-11)10-17/h1-3,11-13H,4-10H2. The SMILES string of the molecule is O=C(CC(=O)C12CC3CC(CC(C3)C1)C2)c1ncccn1. The van der Waals surface area contributed by atoms with E-state index in [0.29, 0.717) is 0 Å². The third-order valence-electron chi connectivity index (χ3n) is 5.77. The molecule has 1 heterocycles. The van der Waals surface area contributed by atoms with Crippen molar-refractivity contribution in [1.82, 2.24) is 9.97 Å². The number of aromatic nitrogens is 2. The molecule has 0 saturated heterocycles. The third kappa shape index (κ3) is 2.21. The van der Waals surface area contributed by atoms with Gasteiger partial charge >= 0.3 is 0 Å². The van der Waals surface area contributed by atoms with E-state index in [1.54, 1.807) is 18.5 Å². The van der Waals surface area contributed by atoms with Gasteiger partial charge in [-0.2, -0.15) is 0 Å². The fraction of sp³-hybridized carbons (Fsp3) is 0.647. The van der Waals surface area contributed by atoms with Crippen LogP contribution in [0.2, 0.25) is 0 Å². The van der Waals surface area contributed by atoms with Crippen molar-refractivity contribution in [2.75, 3.05) is 0 Å². The van der Waals surface area contributed by atoms with E-state index in [1.165, 1.54) is 19.3 Å². The number of carbonyl (C=O) groups excluding carboxylic acids is 2. The molecule has 0 radical (unpaired) electrons. The third-order valence-corrected chi connectivity index (χ3v) is 5.77. The maximum atomic E-state index is 12.8. The van der Waals surface area contributed by atoms with E-state index in [9.17, 15) is 9.59 Å². The molecule has 5 rings (SSSR count). The molecule has 1 aromatic heterocycles. The van der Waals surface area contributed by atoms with E-state index in [1.807, 2.05) is 0 Å². The van der Waals surface area contributed by atoms with Crippen LogP contribution in [-0.4, -0.2) is 21.5 Å². The van der Waals surface area contributed by atoms with Crippen molar-refractivity contribution in [3.05, 3.63) is 24.3 Å². The lowest BCUT2D eigenvalue weighted by molar-refractivity contribution is -0.142. The molecule has 0 spiro atoms.